The summed E-state index contributed by atoms with van der Waals surface area (Å²) in [6, 6.07) is 11.9. The minimum Gasteiger partial charge on any atom is -0.353 e. The molecule has 154 valence electrons. The Kier molecular flexibility index (Phi) is 5.90. The minimum absolute atomic E-state index is 0.294. The number of hydrogen-bond donors (Lipinski definition) is 0. The van der Waals surface area contributed by atoms with E-state index in [2.05, 4.69) is 15.1 Å². The van der Waals surface area contributed by atoms with Gasteiger partial charge in [-0.3, -0.25) is 4.68 Å². The molecule has 8 heteroatoms. The molecule has 0 amide bonds. The highest BCUT2D eigenvalue weighted by Gasteiger charge is 2.24. The Morgan fingerprint density at radius 2 is 1.97 bits per heavy atom. The molecule has 1 atom stereocenters. The Balaban J connectivity index is 0.000000230. The molecule has 0 bridgehead atoms. The van der Waals surface area contributed by atoms with E-state index < -0.39 is 6.17 Å². The van der Waals surface area contributed by atoms with Crippen LogP contribution in [0.5, 0.6) is 0 Å². The quantitative estimate of drug-likeness (QED) is 0.448. The predicted octanol–water partition coefficient (Wildman–Crippen LogP) is 5.06. The average molecular weight is 428 g/mol. The first-order chi connectivity index (χ1) is 14.5. The van der Waals surface area contributed by atoms with Crippen LogP contribution in [0.25, 0.3) is 22.0 Å². The lowest BCUT2D eigenvalue weighted by Gasteiger charge is -2.18. The maximum Gasteiger partial charge on any atom is 0.139 e. The van der Waals surface area contributed by atoms with Gasteiger partial charge in [-0.2, -0.15) is 5.10 Å². The Labute approximate surface area is 177 Å². The SMILES string of the molecule is Cn1cc(-c2ccc3c(N4CCC(F)C4)ncnc3c2)cn1.Fc1cccc(Cl)c1. The van der Waals surface area contributed by atoms with Gasteiger partial charge in [-0.25, -0.2) is 18.7 Å². The second-order valence-electron chi connectivity index (χ2n) is 7.10. The second kappa shape index (κ2) is 8.75. The number of hydrogen-bond acceptors (Lipinski definition) is 4. The fourth-order valence-electron chi connectivity index (χ4n) is 3.41. The lowest BCUT2D eigenvalue weighted by Crippen LogP contribution is -2.21. The zero-order valence-electron chi connectivity index (χ0n) is 16.3. The van der Waals surface area contributed by atoms with Gasteiger partial charge in [-0.05, 0) is 42.3 Å². The summed E-state index contributed by atoms with van der Waals surface area (Å²) in [7, 11) is 1.89. The van der Waals surface area contributed by atoms with Gasteiger partial charge in [0.25, 0.3) is 0 Å². The van der Waals surface area contributed by atoms with Gasteiger partial charge in [0.1, 0.15) is 24.1 Å². The molecule has 2 aromatic carbocycles. The lowest BCUT2D eigenvalue weighted by atomic mass is 10.1. The Hall–Kier alpha value is -3.06. The van der Waals surface area contributed by atoms with Gasteiger partial charge in [-0.1, -0.05) is 23.7 Å². The van der Waals surface area contributed by atoms with Crippen molar-refractivity contribution in [1.82, 2.24) is 19.7 Å². The second-order valence-corrected chi connectivity index (χ2v) is 7.54. The zero-order valence-corrected chi connectivity index (χ0v) is 17.1. The molecule has 5 nitrogen and oxygen atoms in total. The molecule has 1 aliphatic rings. The molecule has 0 aliphatic carbocycles. The first-order valence-electron chi connectivity index (χ1n) is 9.53. The molecule has 0 N–H and O–H groups in total. The van der Waals surface area contributed by atoms with Crippen LogP contribution >= 0.6 is 11.6 Å². The maximum absolute atomic E-state index is 13.5. The monoisotopic (exact) mass is 427 g/mol. The van der Waals surface area contributed by atoms with E-state index in [9.17, 15) is 8.78 Å². The summed E-state index contributed by atoms with van der Waals surface area (Å²) in [5, 5.41) is 5.59. The lowest BCUT2D eigenvalue weighted by molar-refractivity contribution is 0.364. The molecule has 1 unspecified atom stereocenters. The van der Waals surface area contributed by atoms with Crippen LogP contribution < -0.4 is 4.90 Å². The molecule has 0 radical (unpaired) electrons. The number of nitrogens with zero attached hydrogens (tertiary/aromatic N) is 5. The van der Waals surface area contributed by atoms with Crippen molar-refractivity contribution in [2.45, 2.75) is 12.6 Å². The van der Waals surface area contributed by atoms with Gasteiger partial charge in [-0.15, -0.1) is 0 Å². The van der Waals surface area contributed by atoms with Gasteiger partial charge < -0.3 is 4.90 Å². The van der Waals surface area contributed by atoms with E-state index in [1.165, 1.54) is 12.1 Å². The topological polar surface area (TPSA) is 46.8 Å². The summed E-state index contributed by atoms with van der Waals surface area (Å²) in [6.07, 6.45) is 5.16. The number of fused-ring (bicyclic) bond motifs is 1. The van der Waals surface area contributed by atoms with Crippen molar-refractivity contribution >= 4 is 28.3 Å². The van der Waals surface area contributed by atoms with Crippen molar-refractivity contribution in [3.63, 3.8) is 0 Å². The standard InChI is InChI=1S/C16H16FN5.C6H4ClF/c1-21-8-12(7-20-21)11-2-3-14-15(6-11)18-10-19-16(14)22-5-4-13(17)9-22;7-5-2-1-3-6(8)4-5/h2-3,6-8,10,13H,4-5,9H2,1H3;1-4H. The molecule has 3 heterocycles. The van der Waals surface area contributed by atoms with Gasteiger partial charge in [0.05, 0.1) is 18.3 Å². The molecule has 1 fully saturated rings. The third kappa shape index (κ3) is 4.57. The van der Waals surface area contributed by atoms with Crippen molar-refractivity contribution in [3.8, 4) is 11.1 Å². The molecule has 1 aliphatic heterocycles. The van der Waals surface area contributed by atoms with Crippen LogP contribution in [0.4, 0.5) is 14.6 Å². The molecule has 2 aromatic heterocycles. The Bertz CT molecular complexity index is 1150. The van der Waals surface area contributed by atoms with Crippen LogP contribution in [-0.4, -0.2) is 39.0 Å². The van der Waals surface area contributed by atoms with Crippen molar-refractivity contribution in [3.05, 3.63) is 72.0 Å². The van der Waals surface area contributed by atoms with E-state index in [0.29, 0.717) is 24.5 Å². The third-order valence-corrected chi connectivity index (χ3v) is 5.11. The number of anilines is 1. The number of aromatic nitrogens is 4. The van der Waals surface area contributed by atoms with Crippen molar-refractivity contribution in [1.29, 1.82) is 0 Å². The fraction of sp³-hybridized carbons (Fsp3) is 0.227. The van der Waals surface area contributed by atoms with Crippen LogP contribution in [-0.2, 0) is 7.05 Å². The molecule has 30 heavy (non-hydrogen) atoms. The van der Waals surface area contributed by atoms with E-state index in [1.807, 2.05) is 42.5 Å². The number of halogens is 3. The number of rotatable bonds is 2. The van der Waals surface area contributed by atoms with Crippen molar-refractivity contribution in [2.24, 2.45) is 7.05 Å². The number of alkyl halides is 1. The van der Waals surface area contributed by atoms with Crippen molar-refractivity contribution in [2.75, 3.05) is 18.0 Å². The molecular weight excluding hydrogens is 408 g/mol. The summed E-state index contributed by atoms with van der Waals surface area (Å²) < 4.78 is 27.3. The number of benzene rings is 2. The van der Waals surface area contributed by atoms with E-state index in [-0.39, 0.29) is 5.82 Å². The summed E-state index contributed by atoms with van der Waals surface area (Å²) >= 11 is 5.40. The third-order valence-electron chi connectivity index (χ3n) is 4.87. The van der Waals surface area contributed by atoms with Gasteiger partial charge in [0.15, 0.2) is 0 Å². The first kappa shape index (κ1) is 20.2. The van der Waals surface area contributed by atoms with Crippen LogP contribution in [0.15, 0.2) is 61.2 Å². The van der Waals surface area contributed by atoms with E-state index in [4.69, 9.17) is 11.6 Å². The average Bonchev–Trinajstić information content (AvgIpc) is 3.36. The van der Waals surface area contributed by atoms with E-state index in [1.54, 1.807) is 23.1 Å². The molecular formula is C22H20ClF2N5. The molecule has 4 aromatic rings. The summed E-state index contributed by atoms with van der Waals surface area (Å²) in [4.78, 5) is 10.7. The minimum atomic E-state index is -0.764. The van der Waals surface area contributed by atoms with Crippen LogP contribution in [0, 0.1) is 5.82 Å². The first-order valence-corrected chi connectivity index (χ1v) is 9.91. The van der Waals surface area contributed by atoms with Gasteiger partial charge in [0.2, 0.25) is 0 Å². The number of aryl methyl sites for hydroxylation is 1. The van der Waals surface area contributed by atoms with Crippen LogP contribution in [0.2, 0.25) is 5.02 Å². The predicted molar refractivity (Wildman–Crippen MR) is 115 cm³/mol. The molecule has 5 rings (SSSR count). The van der Waals surface area contributed by atoms with E-state index in [0.717, 1.165) is 27.8 Å². The zero-order chi connectivity index (χ0) is 21.1. The smallest absolute Gasteiger partial charge is 0.139 e. The summed E-state index contributed by atoms with van der Waals surface area (Å²) in [5.41, 5.74) is 2.98. The highest BCUT2D eigenvalue weighted by atomic mass is 35.5. The molecule has 1 saturated heterocycles. The Morgan fingerprint density at radius 3 is 2.60 bits per heavy atom. The summed E-state index contributed by atoms with van der Waals surface area (Å²) in [6.45, 7) is 1.12. The fourth-order valence-corrected chi connectivity index (χ4v) is 3.59. The largest absolute Gasteiger partial charge is 0.353 e. The van der Waals surface area contributed by atoms with Gasteiger partial charge in [0, 0.05) is 35.8 Å². The molecule has 0 saturated carbocycles. The van der Waals surface area contributed by atoms with Gasteiger partial charge >= 0.3 is 0 Å². The summed E-state index contributed by atoms with van der Waals surface area (Å²) in [5.74, 6) is 0.528. The van der Waals surface area contributed by atoms with Crippen LogP contribution in [0.3, 0.4) is 0 Å². The maximum atomic E-state index is 13.5. The van der Waals surface area contributed by atoms with E-state index >= 15 is 0 Å². The normalized spacial score (nSPS) is 15.9. The highest BCUT2D eigenvalue weighted by molar-refractivity contribution is 6.30. The van der Waals surface area contributed by atoms with Crippen LogP contribution in [0.1, 0.15) is 6.42 Å². The molecule has 0 spiro atoms. The Morgan fingerprint density at radius 1 is 1.10 bits per heavy atom. The highest BCUT2D eigenvalue weighted by Crippen LogP contribution is 2.30. The van der Waals surface area contributed by atoms with Crippen molar-refractivity contribution < 1.29 is 8.78 Å².